The predicted molar refractivity (Wildman–Crippen MR) is 92.1 cm³/mol. The lowest BCUT2D eigenvalue weighted by atomic mass is 10.0. The Morgan fingerprint density at radius 3 is 1.05 bits per heavy atom. The normalized spacial score (nSPS) is 8.11. The van der Waals surface area contributed by atoms with E-state index < -0.39 is 0 Å². The Bertz CT molecular complexity index is 377. The summed E-state index contributed by atoms with van der Waals surface area (Å²) in [6, 6.07) is 17.5. The summed E-state index contributed by atoms with van der Waals surface area (Å²) in [6.07, 6.45) is 1.03. The van der Waals surface area contributed by atoms with Gasteiger partial charge in [-0.1, -0.05) is 89.4 Å². The summed E-state index contributed by atoms with van der Waals surface area (Å²) < 4.78 is 0. The lowest BCUT2D eigenvalue weighted by Crippen LogP contribution is -1.88. The second-order valence-corrected chi connectivity index (χ2v) is 4.15. The molecule has 2 aromatic rings. The smallest absolute Gasteiger partial charge is 0.00258 e. The third-order valence-electron chi connectivity index (χ3n) is 2.65. The minimum absolute atomic E-state index is 0. The molecular formula is C19H32. The van der Waals surface area contributed by atoms with Crippen molar-refractivity contribution in [3.8, 4) is 0 Å². The highest BCUT2D eigenvalue weighted by atomic mass is 14.0. The average Bonchev–Trinajstić information content (AvgIpc) is 2.25. The maximum absolute atomic E-state index is 2.20. The molecule has 0 saturated carbocycles. The van der Waals surface area contributed by atoms with Crippen molar-refractivity contribution in [1.82, 2.24) is 0 Å². The van der Waals surface area contributed by atoms with Crippen molar-refractivity contribution in [2.45, 2.75) is 50.0 Å². The van der Waals surface area contributed by atoms with Crippen molar-refractivity contribution in [2.75, 3.05) is 0 Å². The van der Waals surface area contributed by atoms with E-state index in [1.54, 1.807) is 0 Å². The third kappa shape index (κ3) is 6.81. The summed E-state index contributed by atoms with van der Waals surface area (Å²) in [5, 5.41) is 0. The molecule has 0 heterocycles. The zero-order valence-electron chi connectivity index (χ0n) is 9.33. The molecule has 0 aromatic heterocycles. The summed E-state index contributed by atoms with van der Waals surface area (Å²) in [7, 11) is 0. The van der Waals surface area contributed by atoms with Gasteiger partial charge in [-0.25, -0.2) is 0 Å². The van der Waals surface area contributed by atoms with E-state index in [2.05, 4.69) is 62.4 Å². The molecule has 0 spiro atoms. The lowest BCUT2D eigenvalue weighted by molar-refractivity contribution is 1.18. The second kappa shape index (κ2) is 10.4. The molecule has 0 bridgehead atoms. The van der Waals surface area contributed by atoms with Gasteiger partial charge in [-0.15, -0.1) is 0 Å². The van der Waals surface area contributed by atoms with Gasteiger partial charge in [0, 0.05) is 0 Å². The van der Waals surface area contributed by atoms with Crippen LogP contribution in [0.25, 0.3) is 0 Å². The molecule has 0 heteroatoms. The molecule has 0 nitrogen and oxygen atoms in total. The fourth-order valence-corrected chi connectivity index (χ4v) is 1.65. The molecule has 0 fully saturated rings. The zero-order valence-corrected chi connectivity index (χ0v) is 9.33. The average molecular weight is 260 g/mol. The van der Waals surface area contributed by atoms with Crippen LogP contribution >= 0.6 is 0 Å². The van der Waals surface area contributed by atoms with Crippen LogP contribution in [-0.2, 0) is 6.42 Å². The van der Waals surface area contributed by atoms with Crippen LogP contribution in [-0.4, -0.2) is 0 Å². The summed E-state index contributed by atoms with van der Waals surface area (Å²) in [5.41, 5.74) is 5.40. The molecule has 0 unspecified atom stereocenters. The van der Waals surface area contributed by atoms with Crippen LogP contribution in [0.15, 0.2) is 48.5 Å². The topological polar surface area (TPSA) is 0 Å². The van der Waals surface area contributed by atoms with Gasteiger partial charge in [0.05, 0.1) is 0 Å². The molecule has 0 atom stereocenters. The first kappa shape index (κ1) is 22.6. The van der Waals surface area contributed by atoms with E-state index >= 15 is 0 Å². The fourth-order valence-electron chi connectivity index (χ4n) is 1.65. The van der Waals surface area contributed by atoms with Crippen LogP contribution in [0.1, 0.15) is 52.0 Å². The number of aryl methyl sites for hydroxylation is 2. The van der Waals surface area contributed by atoms with Gasteiger partial charge in [-0.3, -0.25) is 0 Å². The van der Waals surface area contributed by atoms with E-state index in [0.717, 1.165) is 6.42 Å². The van der Waals surface area contributed by atoms with Gasteiger partial charge in [0.2, 0.25) is 0 Å². The van der Waals surface area contributed by atoms with Gasteiger partial charge in [0.1, 0.15) is 0 Å². The molecule has 0 saturated heterocycles. The quantitative estimate of drug-likeness (QED) is 0.583. The van der Waals surface area contributed by atoms with Crippen molar-refractivity contribution in [1.29, 1.82) is 0 Å². The Balaban J connectivity index is -0.000000640. The highest BCUT2D eigenvalue weighted by Crippen LogP contribution is 2.11. The zero-order chi connectivity index (χ0) is 10.7. The minimum Gasteiger partial charge on any atom is -0.0776 e. The van der Waals surface area contributed by atoms with Crippen molar-refractivity contribution >= 4 is 0 Å². The minimum atomic E-state index is 0. The molecule has 2 aromatic carbocycles. The lowest BCUT2D eigenvalue weighted by Gasteiger charge is -2.03. The van der Waals surface area contributed by atoms with Crippen LogP contribution < -0.4 is 0 Å². The van der Waals surface area contributed by atoms with E-state index in [9.17, 15) is 0 Å². The molecule has 19 heavy (non-hydrogen) atoms. The van der Waals surface area contributed by atoms with Gasteiger partial charge in [0.25, 0.3) is 0 Å². The van der Waals surface area contributed by atoms with Crippen LogP contribution in [0.2, 0.25) is 0 Å². The Morgan fingerprint density at radius 2 is 0.789 bits per heavy atom. The maximum Gasteiger partial charge on any atom is -0.00258 e. The standard InChI is InChI=1S/C15H16.4CH4/c1-12-3-7-14(8-4-12)11-15-9-5-13(2)6-10-15;;;;/h3-10H,11H2,1-2H3;4*1H4. The number of hydrogen-bond donors (Lipinski definition) is 0. The maximum atomic E-state index is 2.20. The monoisotopic (exact) mass is 260 g/mol. The van der Waals surface area contributed by atoms with E-state index in [0.29, 0.717) is 0 Å². The Morgan fingerprint density at radius 1 is 0.526 bits per heavy atom. The van der Waals surface area contributed by atoms with E-state index in [4.69, 9.17) is 0 Å². The number of hydrogen-bond acceptors (Lipinski definition) is 0. The highest BCUT2D eigenvalue weighted by molar-refractivity contribution is 5.29. The van der Waals surface area contributed by atoms with Crippen LogP contribution in [0.3, 0.4) is 0 Å². The molecule has 0 radical (unpaired) electrons. The molecule has 0 aliphatic rings. The molecule has 108 valence electrons. The summed E-state index contributed by atoms with van der Waals surface area (Å²) in [5.74, 6) is 0. The van der Waals surface area contributed by atoms with E-state index in [1.807, 2.05) is 0 Å². The van der Waals surface area contributed by atoms with Crippen molar-refractivity contribution in [3.63, 3.8) is 0 Å². The van der Waals surface area contributed by atoms with Crippen LogP contribution in [0.5, 0.6) is 0 Å². The third-order valence-corrected chi connectivity index (χ3v) is 2.65. The van der Waals surface area contributed by atoms with Gasteiger partial charge in [-0.2, -0.15) is 0 Å². The van der Waals surface area contributed by atoms with Gasteiger partial charge in [0.15, 0.2) is 0 Å². The molecule has 0 aliphatic carbocycles. The first-order valence-electron chi connectivity index (χ1n) is 5.35. The highest BCUT2D eigenvalue weighted by Gasteiger charge is 1.95. The van der Waals surface area contributed by atoms with Gasteiger partial charge in [-0.05, 0) is 31.4 Å². The van der Waals surface area contributed by atoms with Crippen LogP contribution in [0.4, 0.5) is 0 Å². The Labute approximate surface area is 121 Å². The summed E-state index contributed by atoms with van der Waals surface area (Å²) >= 11 is 0. The Kier molecular flexibility index (Phi) is 12.3. The predicted octanol–water partition coefficient (Wildman–Crippen LogP) is 6.44. The van der Waals surface area contributed by atoms with Crippen molar-refractivity contribution < 1.29 is 0 Å². The fraction of sp³-hybridized carbons (Fsp3) is 0.368. The molecular weight excluding hydrogens is 228 g/mol. The second-order valence-electron chi connectivity index (χ2n) is 4.15. The molecule has 2 rings (SSSR count). The Hall–Kier alpha value is -1.56. The van der Waals surface area contributed by atoms with Gasteiger partial charge >= 0.3 is 0 Å². The van der Waals surface area contributed by atoms with E-state index in [-0.39, 0.29) is 29.7 Å². The number of benzene rings is 2. The van der Waals surface area contributed by atoms with Crippen molar-refractivity contribution in [2.24, 2.45) is 0 Å². The molecule has 0 N–H and O–H groups in total. The molecule has 0 amide bonds. The van der Waals surface area contributed by atoms with Gasteiger partial charge < -0.3 is 0 Å². The molecule has 0 aliphatic heterocycles. The summed E-state index contributed by atoms with van der Waals surface area (Å²) in [4.78, 5) is 0. The first-order valence-corrected chi connectivity index (χ1v) is 5.35. The summed E-state index contributed by atoms with van der Waals surface area (Å²) in [6.45, 7) is 4.24. The first-order chi connectivity index (χ1) is 7.24. The van der Waals surface area contributed by atoms with Crippen LogP contribution in [0, 0.1) is 13.8 Å². The number of rotatable bonds is 2. The van der Waals surface area contributed by atoms with E-state index in [1.165, 1.54) is 22.3 Å². The SMILES string of the molecule is C.C.C.C.Cc1ccc(Cc2ccc(C)cc2)cc1. The van der Waals surface area contributed by atoms with Crippen molar-refractivity contribution in [3.05, 3.63) is 70.8 Å². The largest absolute Gasteiger partial charge is 0.0776 e.